The highest BCUT2D eigenvalue weighted by atomic mass is 35.5. The highest BCUT2D eigenvalue weighted by Gasteiger charge is 2.23. The van der Waals surface area contributed by atoms with Gasteiger partial charge in [0.2, 0.25) is 11.8 Å². The lowest BCUT2D eigenvalue weighted by Gasteiger charge is -2.16. The molecule has 100 valence electrons. The van der Waals surface area contributed by atoms with Crippen molar-refractivity contribution in [3.05, 3.63) is 16.0 Å². The van der Waals surface area contributed by atoms with E-state index >= 15 is 0 Å². The molecule has 0 radical (unpaired) electrons. The number of hydrogen-bond donors (Lipinski definition) is 1. The maximum absolute atomic E-state index is 13.3. The number of anilines is 1. The average molecular weight is 297 g/mol. The molecular weight excluding hydrogens is 286 g/mol. The number of nitrogens with zero attached hydrogens (tertiary/aromatic N) is 1. The van der Waals surface area contributed by atoms with Crippen molar-refractivity contribution >= 4 is 34.9 Å². The lowest BCUT2D eigenvalue weighted by molar-refractivity contribution is -0.149. The van der Waals surface area contributed by atoms with E-state index in [-0.39, 0.29) is 16.6 Å². The first-order chi connectivity index (χ1) is 8.42. The molecule has 1 heterocycles. The average Bonchev–Trinajstić information content (AvgIpc) is 2.38. The second-order valence-corrected chi connectivity index (χ2v) is 4.04. The summed E-state index contributed by atoms with van der Waals surface area (Å²) < 4.78 is 23.0. The highest BCUT2D eigenvalue weighted by Crippen LogP contribution is 2.35. The number of carbonyl (C=O) groups excluding carboxylic acids is 1. The predicted octanol–water partition coefficient (Wildman–Crippen LogP) is 2.44. The molecule has 0 saturated heterocycles. The van der Waals surface area contributed by atoms with E-state index in [0.717, 1.165) is 0 Å². The molecule has 0 bridgehead atoms. The van der Waals surface area contributed by atoms with Crippen molar-refractivity contribution in [2.24, 2.45) is 0 Å². The number of carbonyl (C=O) groups is 1. The third-order valence-electron chi connectivity index (χ3n) is 2.13. The molecule has 0 aliphatic rings. The molecule has 0 spiro atoms. The summed E-state index contributed by atoms with van der Waals surface area (Å²) in [7, 11) is 1.21. The number of nitrogen functional groups attached to an aromatic ring is 1. The Morgan fingerprint density at radius 3 is 2.61 bits per heavy atom. The maximum Gasteiger partial charge on any atom is 0.347 e. The van der Waals surface area contributed by atoms with Crippen LogP contribution < -0.4 is 10.5 Å². The number of esters is 1. The Morgan fingerprint density at radius 2 is 2.11 bits per heavy atom. The molecule has 2 N–H and O–H groups in total. The van der Waals surface area contributed by atoms with Gasteiger partial charge in [0.1, 0.15) is 10.0 Å². The number of aromatic nitrogens is 1. The molecule has 0 unspecified atom stereocenters. The fourth-order valence-corrected chi connectivity index (χ4v) is 1.52. The van der Waals surface area contributed by atoms with Crippen LogP contribution in [0.1, 0.15) is 13.3 Å². The summed E-state index contributed by atoms with van der Waals surface area (Å²) >= 11 is 11.3. The van der Waals surface area contributed by atoms with Crippen LogP contribution >= 0.6 is 23.2 Å². The second-order valence-electron chi connectivity index (χ2n) is 3.29. The van der Waals surface area contributed by atoms with Gasteiger partial charge in [-0.25, -0.2) is 4.79 Å². The van der Waals surface area contributed by atoms with Crippen molar-refractivity contribution in [3.63, 3.8) is 0 Å². The van der Waals surface area contributed by atoms with Crippen LogP contribution in [0.4, 0.5) is 10.1 Å². The minimum absolute atomic E-state index is 0.149. The number of hydrogen-bond acceptors (Lipinski definition) is 5. The normalized spacial score (nSPS) is 12.1. The third kappa shape index (κ3) is 2.94. The Labute approximate surface area is 113 Å². The molecule has 1 aromatic heterocycles. The number of rotatable bonds is 4. The SMILES string of the molecule is CC[C@@H](Oc1nc(F)c(Cl)c(N)c1Cl)C(=O)OC. The first-order valence-electron chi connectivity index (χ1n) is 4.96. The lowest BCUT2D eigenvalue weighted by Crippen LogP contribution is -2.28. The lowest BCUT2D eigenvalue weighted by atomic mass is 10.3. The Balaban J connectivity index is 3.07. The molecule has 8 heteroatoms. The van der Waals surface area contributed by atoms with Crippen LogP contribution in [0.2, 0.25) is 10.0 Å². The first kappa shape index (κ1) is 14.8. The van der Waals surface area contributed by atoms with E-state index in [2.05, 4.69) is 9.72 Å². The molecule has 0 amide bonds. The fraction of sp³-hybridized carbons (Fsp3) is 0.400. The van der Waals surface area contributed by atoms with Gasteiger partial charge >= 0.3 is 5.97 Å². The van der Waals surface area contributed by atoms with Crippen LogP contribution in [-0.2, 0) is 9.53 Å². The smallest absolute Gasteiger partial charge is 0.347 e. The van der Waals surface area contributed by atoms with Gasteiger partial charge in [0.15, 0.2) is 6.10 Å². The number of nitrogens with two attached hydrogens (primary N) is 1. The van der Waals surface area contributed by atoms with E-state index in [1.54, 1.807) is 6.92 Å². The van der Waals surface area contributed by atoms with Gasteiger partial charge < -0.3 is 15.2 Å². The third-order valence-corrected chi connectivity index (χ3v) is 2.86. The minimum Gasteiger partial charge on any atom is -0.466 e. The largest absolute Gasteiger partial charge is 0.466 e. The Hall–Kier alpha value is -1.27. The molecule has 0 aliphatic heterocycles. The van der Waals surface area contributed by atoms with Crippen molar-refractivity contribution in [2.75, 3.05) is 12.8 Å². The standard InChI is InChI=1S/C10H11Cl2FN2O3/c1-3-4(10(16)17-2)18-9-6(12)7(14)5(11)8(13)15-9/h4H,3H2,1-2H3,(H2,14,15)/t4-/m1/s1. The van der Waals surface area contributed by atoms with Gasteiger partial charge in [0, 0.05) is 0 Å². The van der Waals surface area contributed by atoms with Crippen LogP contribution in [0.5, 0.6) is 5.88 Å². The summed E-state index contributed by atoms with van der Waals surface area (Å²) in [6.45, 7) is 1.69. The van der Waals surface area contributed by atoms with Crippen molar-refractivity contribution in [1.82, 2.24) is 4.98 Å². The Bertz CT molecular complexity index is 471. The molecule has 18 heavy (non-hydrogen) atoms. The summed E-state index contributed by atoms with van der Waals surface area (Å²) in [5.74, 6) is -1.94. The van der Waals surface area contributed by atoms with Gasteiger partial charge in [-0.2, -0.15) is 9.37 Å². The Morgan fingerprint density at radius 1 is 1.50 bits per heavy atom. The summed E-state index contributed by atoms with van der Waals surface area (Å²) in [4.78, 5) is 14.7. The van der Waals surface area contributed by atoms with Crippen LogP contribution in [0.25, 0.3) is 0 Å². The van der Waals surface area contributed by atoms with Gasteiger partial charge in [-0.15, -0.1) is 0 Å². The monoisotopic (exact) mass is 296 g/mol. The Kier molecular flexibility index (Phi) is 4.98. The predicted molar refractivity (Wildman–Crippen MR) is 65.4 cm³/mol. The topological polar surface area (TPSA) is 74.4 Å². The van der Waals surface area contributed by atoms with Gasteiger partial charge in [0.05, 0.1) is 12.8 Å². The molecule has 0 aromatic carbocycles. The summed E-state index contributed by atoms with van der Waals surface area (Å²) in [6, 6.07) is 0. The zero-order valence-electron chi connectivity index (χ0n) is 9.67. The first-order valence-corrected chi connectivity index (χ1v) is 5.72. The van der Waals surface area contributed by atoms with E-state index in [1.807, 2.05) is 0 Å². The summed E-state index contributed by atoms with van der Waals surface area (Å²) in [5.41, 5.74) is 5.28. The van der Waals surface area contributed by atoms with Crippen LogP contribution in [-0.4, -0.2) is 24.2 Å². The van der Waals surface area contributed by atoms with Gasteiger partial charge in [-0.1, -0.05) is 30.1 Å². The zero-order valence-corrected chi connectivity index (χ0v) is 11.2. The van der Waals surface area contributed by atoms with Crippen molar-refractivity contribution < 1.29 is 18.7 Å². The van der Waals surface area contributed by atoms with Crippen molar-refractivity contribution in [3.8, 4) is 5.88 Å². The molecule has 5 nitrogen and oxygen atoms in total. The second kappa shape index (κ2) is 6.06. The number of halogens is 3. The van der Waals surface area contributed by atoms with E-state index < -0.39 is 23.0 Å². The summed E-state index contributed by atoms with van der Waals surface area (Å²) in [5, 5.41) is -0.540. The maximum atomic E-state index is 13.3. The molecule has 1 rings (SSSR count). The van der Waals surface area contributed by atoms with Gasteiger partial charge in [-0.3, -0.25) is 0 Å². The molecule has 0 aliphatic carbocycles. The quantitative estimate of drug-likeness (QED) is 0.682. The van der Waals surface area contributed by atoms with Crippen LogP contribution in [0.3, 0.4) is 0 Å². The van der Waals surface area contributed by atoms with Crippen LogP contribution in [0, 0.1) is 5.95 Å². The van der Waals surface area contributed by atoms with Crippen molar-refractivity contribution in [1.29, 1.82) is 0 Å². The van der Waals surface area contributed by atoms with E-state index in [4.69, 9.17) is 33.7 Å². The van der Waals surface area contributed by atoms with E-state index in [0.29, 0.717) is 6.42 Å². The van der Waals surface area contributed by atoms with Gasteiger partial charge in [0.25, 0.3) is 0 Å². The van der Waals surface area contributed by atoms with Crippen molar-refractivity contribution in [2.45, 2.75) is 19.4 Å². The number of pyridine rings is 1. The molecule has 1 atom stereocenters. The zero-order chi connectivity index (χ0) is 13.9. The highest BCUT2D eigenvalue weighted by molar-refractivity contribution is 6.39. The molecular formula is C10H11Cl2FN2O3. The summed E-state index contributed by atoms with van der Waals surface area (Å²) in [6.07, 6.45) is -0.644. The molecule has 1 aromatic rings. The molecule has 0 fully saturated rings. The van der Waals surface area contributed by atoms with E-state index in [1.165, 1.54) is 7.11 Å². The number of ether oxygens (including phenoxy) is 2. The molecule has 0 saturated carbocycles. The van der Waals surface area contributed by atoms with E-state index in [9.17, 15) is 9.18 Å². The van der Waals surface area contributed by atoms with Crippen LogP contribution in [0.15, 0.2) is 0 Å². The fourth-order valence-electron chi connectivity index (χ4n) is 1.15. The van der Waals surface area contributed by atoms with Gasteiger partial charge in [-0.05, 0) is 6.42 Å². The number of methoxy groups -OCH3 is 1. The minimum atomic E-state index is -1.02.